The lowest BCUT2D eigenvalue weighted by Crippen LogP contribution is -2.26. The van der Waals surface area contributed by atoms with Crippen LogP contribution in [0.25, 0.3) is 0 Å². The van der Waals surface area contributed by atoms with Crippen molar-refractivity contribution in [3.8, 4) is 6.01 Å². The van der Waals surface area contributed by atoms with Crippen LogP contribution in [0.3, 0.4) is 0 Å². The first-order chi connectivity index (χ1) is 10.3. The number of para-hydroxylation sites is 1. The van der Waals surface area contributed by atoms with Crippen LogP contribution in [0.15, 0.2) is 24.3 Å². The molecule has 3 rings (SSSR count). The molecule has 0 radical (unpaired) electrons. The zero-order valence-electron chi connectivity index (χ0n) is 12.3. The molecule has 2 heterocycles. The van der Waals surface area contributed by atoms with Crippen LogP contribution in [0.1, 0.15) is 18.9 Å². The molecular formula is C15H19N5O. The lowest BCUT2D eigenvalue weighted by molar-refractivity contribution is 0.312. The largest absolute Gasteiger partial charge is 0.464 e. The van der Waals surface area contributed by atoms with Crippen molar-refractivity contribution in [2.24, 2.45) is 0 Å². The Balaban J connectivity index is 2.02. The molecule has 1 aliphatic rings. The second kappa shape index (κ2) is 5.95. The molecule has 0 aliphatic carbocycles. The van der Waals surface area contributed by atoms with Gasteiger partial charge in [-0.3, -0.25) is 0 Å². The number of rotatable bonds is 4. The summed E-state index contributed by atoms with van der Waals surface area (Å²) in [6.07, 6.45) is 2.18. The fourth-order valence-corrected chi connectivity index (χ4v) is 2.51. The Morgan fingerprint density at radius 3 is 2.90 bits per heavy atom. The predicted octanol–water partition coefficient (Wildman–Crippen LogP) is 2.40. The number of nitrogens with zero attached hydrogens (tertiary/aromatic N) is 4. The Morgan fingerprint density at radius 2 is 2.10 bits per heavy atom. The van der Waals surface area contributed by atoms with Gasteiger partial charge in [0.05, 0.1) is 6.61 Å². The highest BCUT2D eigenvalue weighted by molar-refractivity contribution is 5.64. The molecule has 0 atom stereocenters. The van der Waals surface area contributed by atoms with Gasteiger partial charge in [-0.25, -0.2) is 0 Å². The standard InChI is InChI=1S/C15H19N5O/c1-3-21-15-18-13(16-2)17-14(19-15)20-10-6-8-11-7-4-5-9-12(11)20/h4-5,7,9H,3,6,8,10H2,1-2H3,(H,16,17,18,19). The zero-order valence-corrected chi connectivity index (χ0v) is 12.3. The Kier molecular flexibility index (Phi) is 3.85. The molecule has 1 aliphatic heterocycles. The molecule has 6 nitrogen and oxygen atoms in total. The Labute approximate surface area is 124 Å². The monoisotopic (exact) mass is 285 g/mol. The van der Waals surface area contributed by atoms with Gasteiger partial charge in [-0.05, 0) is 31.4 Å². The summed E-state index contributed by atoms with van der Waals surface area (Å²) in [6, 6.07) is 8.74. The van der Waals surface area contributed by atoms with E-state index in [2.05, 4.69) is 43.4 Å². The summed E-state index contributed by atoms with van der Waals surface area (Å²) in [6.45, 7) is 3.34. The maximum absolute atomic E-state index is 5.44. The van der Waals surface area contributed by atoms with Gasteiger partial charge in [0.1, 0.15) is 0 Å². The van der Waals surface area contributed by atoms with Crippen molar-refractivity contribution in [2.75, 3.05) is 30.4 Å². The highest BCUT2D eigenvalue weighted by Gasteiger charge is 2.21. The van der Waals surface area contributed by atoms with E-state index in [9.17, 15) is 0 Å². The molecule has 0 bridgehead atoms. The number of hydrogen-bond acceptors (Lipinski definition) is 6. The highest BCUT2D eigenvalue weighted by Crippen LogP contribution is 2.32. The summed E-state index contributed by atoms with van der Waals surface area (Å²) in [5.74, 6) is 1.15. The number of anilines is 3. The minimum Gasteiger partial charge on any atom is -0.464 e. The molecule has 6 heteroatoms. The summed E-state index contributed by atoms with van der Waals surface area (Å²) in [4.78, 5) is 15.2. The number of fused-ring (bicyclic) bond motifs is 1. The van der Waals surface area contributed by atoms with Crippen LogP contribution < -0.4 is 15.0 Å². The molecule has 1 N–H and O–H groups in total. The van der Waals surface area contributed by atoms with E-state index >= 15 is 0 Å². The quantitative estimate of drug-likeness (QED) is 0.930. The minimum atomic E-state index is 0.356. The predicted molar refractivity (Wildman–Crippen MR) is 82.3 cm³/mol. The van der Waals surface area contributed by atoms with Gasteiger partial charge in [-0.15, -0.1) is 0 Å². The number of aromatic nitrogens is 3. The molecule has 0 spiro atoms. The van der Waals surface area contributed by atoms with Crippen LogP contribution in [0.2, 0.25) is 0 Å². The third kappa shape index (κ3) is 2.74. The molecule has 0 saturated heterocycles. The average Bonchev–Trinajstić information content (AvgIpc) is 2.54. The molecule has 0 fully saturated rings. The summed E-state index contributed by atoms with van der Waals surface area (Å²) in [5, 5.41) is 2.96. The van der Waals surface area contributed by atoms with Crippen LogP contribution in [0.5, 0.6) is 6.01 Å². The number of aryl methyl sites for hydroxylation is 1. The van der Waals surface area contributed by atoms with E-state index in [-0.39, 0.29) is 0 Å². The van der Waals surface area contributed by atoms with Crippen molar-refractivity contribution in [3.63, 3.8) is 0 Å². The molecule has 0 unspecified atom stereocenters. The Hall–Kier alpha value is -2.37. The summed E-state index contributed by atoms with van der Waals surface area (Å²) >= 11 is 0. The van der Waals surface area contributed by atoms with E-state index in [4.69, 9.17) is 4.74 Å². The van der Waals surface area contributed by atoms with Gasteiger partial charge in [0.25, 0.3) is 0 Å². The van der Waals surface area contributed by atoms with Crippen molar-refractivity contribution in [3.05, 3.63) is 29.8 Å². The Morgan fingerprint density at radius 1 is 1.24 bits per heavy atom. The van der Waals surface area contributed by atoms with E-state index in [1.807, 2.05) is 13.0 Å². The minimum absolute atomic E-state index is 0.356. The molecule has 21 heavy (non-hydrogen) atoms. The summed E-state index contributed by atoms with van der Waals surface area (Å²) in [5.41, 5.74) is 2.49. The summed E-state index contributed by atoms with van der Waals surface area (Å²) in [7, 11) is 1.79. The lowest BCUT2D eigenvalue weighted by atomic mass is 10.0. The van der Waals surface area contributed by atoms with Crippen molar-refractivity contribution in [2.45, 2.75) is 19.8 Å². The van der Waals surface area contributed by atoms with Crippen molar-refractivity contribution in [1.82, 2.24) is 15.0 Å². The first-order valence-corrected chi connectivity index (χ1v) is 7.24. The average molecular weight is 285 g/mol. The molecule has 1 aromatic heterocycles. The topological polar surface area (TPSA) is 63.2 Å². The van der Waals surface area contributed by atoms with Crippen LogP contribution in [0, 0.1) is 0 Å². The van der Waals surface area contributed by atoms with Gasteiger partial charge >= 0.3 is 6.01 Å². The second-order valence-corrected chi connectivity index (χ2v) is 4.81. The zero-order chi connectivity index (χ0) is 14.7. The molecule has 110 valence electrons. The van der Waals surface area contributed by atoms with Crippen LogP contribution in [0.4, 0.5) is 17.6 Å². The number of hydrogen-bond donors (Lipinski definition) is 1. The van der Waals surface area contributed by atoms with E-state index in [0.717, 1.165) is 19.4 Å². The molecule has 0 amide bonds. The van der Waals surface area contributed by atoms with Crippen LogP contribution in [-0.2, 0) is 6.42 Å². The van der Waals surface area contributed by atoms with Gasteiger partial charge in [0, 0.05) is 19.3 Å². The fourth-order valence-electron chi connectivity index (χ4n) is 2.51. The SMILES string of the molecule is CCOc1nc(NC)nc(N2CCCc3ccccc32)n1. The normalized spacial score (nSPS) is 13.7. The van der Waals surface area contributed by atoms with Crippen LogP contribution >= 0.6 is 0 Å². The van der Waals surface area contributed by atoms with Crippen LogP contribution in [-0.4, -0.2) is 35.2 Å². The number of benzene rings is 1. The first kappa shape index (κ1) is 13.6. The molecular weight excluding hydrogens is 266 g/mol. The summed E-state index contributed by atoms with van der Waals surface area (Å²) < 4.78 is 5.44. The van der Waals surface area contributed by atoms with Gasteiger partial charge in [-0.1, -0.05) is 18.2 Å². The number of nitrogens with one attached hydrogen (secondary N) is 1. The van der Waals surface area contributed by atoms with E-state index in [1.54, 1.807) is 7.05 Å². The lowest BCUT2D eigenvalue weighted by Gasteiger charge is -2.29. The number of ether oxygens (including phenoxy) is 1. The van der Waals surface area contributed by atoms with Crippen molar-refractivity contribution < 1.29 is 4.74 Å². The second-order valence-electron chi connectivity index (χ2n) is 4.81. The first-order valence-electron chi connectivity index (χ1n) is 7.24. The molecule has 0 saturated carbocycles. The Bertz CT molecular complexity index is 631. The van der Waals surface area contributed by atoms with E-state index < -0.39 is 0 Å². The van der Waals surface area contributed by atoms with Gasteiger partial charge < -0.3 is 15.0 Å². The van der Waals surface area contributed by atoms with Gasteiger partial charge in [0.15, 0.2) is 0 Å². The van der Waals surface area contributed by atoms with Gasteiger partial charge in [-0.2, -0.15) is 15.0 Å². The highest BCUT2D eigenvalue weighted by atomic mass is 16.5. The third-order valence-corrected chi connectivity index (χ3v) is 3.45. The van der Waals surface area contributed by atoms with E-state index in [0.29, 0.717) is 24.5 Å². The molecule has 1 aromatic carbocycles. The van der Waals surface area contributed by atoms with Crippen molar-refractivity contribution in [1.29, 1.82) is 0 Å². The third-order valence-electron chi connectivity index (χ3n) is 3.45. The van der Waals surface area contributed by atoms with Gasteiger partial charge in [0.2, 0.25) is 11.9 Å². The van der Waals surface area contributed by atoms with Crippen molar-refractivity contribution >= 4 is 17.6 Å². The maximum Gasteiger partial charge on any atom is 0.323 e. The fraction of sp³-hybridized carbons (Fsp3) is 0.400. The maximum atomic E-state index is 5.44. The molecule has 2 aromatic rings. The smallest absolute Gasteiger partial charge is 0.323 e. The van der Waals surface area contributed by atoms with E-state index in [1.165, 1.54) is 11.3 Å².